The third-order valence-electron chi connectivity index (χ3n) is 2.47. The summed E-state index contributed by atoms with van der Waals surface area (Å²) in [6.45, 7) is 8.71. The van der Waals surface area contributed by atoms with Crippen LogP contribution in [0.4, 0.5) is 0 Å². The second-order valence-corrected chi connectivity index (χ2v) is 4.48. The summed E-state index contributed by atoms with van der Waals surface area (Å²) < 4.78 is 0. The maximum Gasteiger partial charge on any atom is 0.0952 e. The first-order valence-electron chi connectivity index (χ1n) is 5.75. The monoisotopic (exact) mass is 196 g/mol. The van der Waals surface area contributed by atoms with Crippen LogP contribution in [0.1, 0.15) is 53.4 Å². The minimum atomic E-state index is 0.0315. The van der Waals surface area contributed by atoms with Crippen molar-refractivity contribution in [2.24, 2.45) is 5.92 Å². The Kier molecular flexibility index (Phi) is 7.51. The van der Waals surface area contributed by atoms with Crippen LogP contribution in [0.2, 0.25) is 0 Å². The zero-order valence-corrected chi connectivity index (χ0v) is 10.0. The van der Waals surface area contributed by atoms with Crippen LogP contribution in [0.15, 0.2) is 0 Å². The van der Waals surface area contributed by atoms with Crippen molar-refractivity contribution in [3.8, 4) is 6.07 Å². The van der Waals surface area contributed by atoms with Gasteiger partial charge in [-0.1, -0.05) is 33.6 Å². The highest BCUT2D eigenvalue weighted by atomic mass is 14.9. The summed E-state index contributed by atoms with van der Waals surface area (Å²) in [6, 6.07) is 2.77. The summed E-state index contributed by atoms with van der Waals surface area (Å²) in [5.74, 6) is 0.792. The van der Waals surface area contributed by atoms with Gasteiger partial charge in [-0.15, -0.1) is 0 Å². The lowest BCUT2D eigenvalue weighted by Crippen LogP contribution is -2.35. The van der Waals surface area contributed by atoms with Crippen LogP contribution < -0.4 is 5.32 Å². The van der Waals surface area contributed by atoms with Gasteiger partial charge < -0.3 is 0 Å². The molecule has 0 aromatic heterocycles. The molecule has 2 atom stereocenters. The molecule has 0 fully saturated rings. The normalized spacial score (nSPS) is 15.1. The number of nitriles is 1. The number of rotatable bonds is 7. The van der Waals surface area contributed by atoms with E-state index in [-0.39, 0.29) is 6.04 Å². The van der Waals surface area contributed by atoms with E-state index >= 15 is 0 Å². The largest absolute Gasteiger partial charge is 0.299 e. The smallest absolute Gasteiger partial charge is 0.0952 e. The van der Waals surface area contributed by atoms with Crippen LogP contribution in [0, 0.1) is 17.2 Å². The summed E-state index contributed by atoms with van der Waals surface area (Å²) in [5.41, 5.74) is 0. The minimum Gasteiger partial charge on any atom is -0.299 e. The fourth-order valence-corrected chi connectivity index (χ4v) is 1.51. The van der Waals surface area contributed by atoms with Crippen molar-refractivity contribution in [2.45, 2.75) is 65.5 Å². The van der Waals surface area contributed by atoms with Crippen LogP contribution >= 0.6 is 0 Å². The molecule has 0 aliphatic rings. The molecule has 2 nitrogen and oxygen atoms in total. The van der Waals surface area contributed by atoms with Crippen LogP contribution in [-0.2, 0) is 0 Å². The van der Waals surface area contributed by atoms with Gasteiger partial charge in [0.15, 0.2) is 0 Å². The molecule has 0 amide bonds. The highest BCUT2D eigenvalue weighted by Gasteiger charge is 2.08. The molecule has 0 aromatic carbocycles. The van der Waals surface area contributed by atoms with Crippen molar-refractivity contribution in [1.29, 1.82) is 5.26 Å². The Balaban J connectivity index is 3.55. The molecular formula is C12H24N2. The molecule has 82 valence electrons. The molecule has 2 unspecified atom stereocenters. The maximum absolute atomic E-state index is 8.78. The van der Waals surface area contributed by atoms with Crippen LogP contribution in [-0.4, -0.2) is 12.1 Å². The van der Waals surface area contributed by atoms with Gasteiger partial charge in [0.05, 0.1) is 12.1 Å². The molecule has 0 bridgehead atoms. The number of hydrogen-bond acceptors (Lipinski definition) is 2. The molecule has 0 spiro atoms. The van der Waals surface area contributed by atoms with E-state index in [1.54, 1.807) is 0 Å². The summed E-state index contributed by atoms with van der Waals surface area (Å²) in [5, 5.41) is 12.1. The van der Waals surface area contributed by atoms with Crippen molar-refractivity contribution >= 4 is 0 Å². The van der Waals surface area contributed by atoms with E-state index in [0.29, 0.717) is 6.04 Å². The van der Waals surface area contributed by atoms with Gasteiger partial charge in [-0.25, -0.2) is 0 Å². The summed E-state index contributed by atoms with van der Waals surface area (Å²) in [4.78, 5) is 0. The Morgan fingerprint density at radius 3 is 2.29 bits per heavy atom. The van der Waals surface area contributed by atoms with Gasteiger partial charge in [-0.2, -0.15) is 5.26 Å². The summed E-state index contributed by atoms with van der Waals surface area (Å²) in [7, 11) is 0. The van der Waals surface area contributed by atoms with Crippen molar-refractivity contribution in [1.82, 2.24) is 5.32 Å². The first kappa shape index (κ1) is 13.4. The van der Waals surface area contributed by atoms with Crippen LogP contribution in [0.5, 0.6) is 0 Å². The second kappa shape index (κ2) is 7.82. The lowest BCUT2D eigenvalue weighted by molar-refractivity contribution is 0.432. The van der Waals surface area contributed by atoms with E-state index in [9.17, 15) is 0 Å². The molecule has 0 aliphatic carbocycles. The molecule has 0 saturated carbocycles. The van der Waals surface area contributed by atoms with Gasteiger partial charge in [0.2, 0.25) is 0 Å². The Morgan fingerprint density at radius 1 is 1.21 bits per heavy atom. The molecule has 0 heterocycles. The van der Waals surface area contributed by atoms with E-state index in [1.807, 2.05) is 6.92 Å². The number of nitrogens with one attached hydrogen (secondary N) is 1. The Morgan fingerprint density at radius 2 is 1.86 bits per heavy atom. The average Bonchev–Trinajstić information content (AvgIpc) is 2.13. The SMILES string of the molecule is CCC(C#N)NC(C)CCCC(C)C. The lowest BCUT2D eigenvalue weighted by Gasteiger charge is -2.17. The van der Waals surface area contributed by atoms with Gasteiger partial charge in [-0.3, -0.25) is 5.32 Å². The fraction of sp³-hybridized carbons (Fsp3) is 0.917. The second-order valence-electron chi connectivity index (χ2n) is 4.48. The predicted octanol–water partition coefficient (Wildman–Crippen LogP) is 3.09. The number of nitrogens with zero attached hydrogens (tertiary/aromatic N) is 1. The highest BCUT2D eigenvalue weighted by Crippen LogP contribution is 2.08. The third kappa shape index (κ3) is 6.91. The quantitative estimate of drug-likeness (QED) is 0.679. The van der Waals surface area contributed by atoms with Gasteiger partial charge in [0, 0.05) is 6.04 Å². The molecule has 1 N–H and O–H groups in total. The van der Waals surface area contributed by atoms with Crippen molar-refractivity contribution in [2.75, 3.05) is 0 Å². The Bertz CT molecular complexity index is 170. The molecular weight excluding hydrogens is 172 g/mol. The average molecular weight is 196 g/mol. The molecule has 0 saturated heterocycles. The van der Waals surface area contributed by atoms with Gasteiger partial charge in [0.25, 0.3) is 0 Å². The summed E-state index contributed by atoms with van der Waals surface area (Å²) in [6.07, 6.45) is 4.62. The molecule has 0 aliphatic heterocycles. The van der Waals surface area contributed by atoms with Gasteiger partial charge >= 0.3 is 0 Å². The molecule has 0 aromatic rings. The molecule has 0 rings (SSSR count). The predicted molar refractivity (Wildman–Crippen MR) is 61.0 cm³/mol. The third-order valence-corrected chi connectivity index (χ3v) is 2.47. The zero-order chi connectivity index (χ0) is 11.0. The maximum atomic E-state index is 8.78. The van der Waals surface area contributed by atoms with Crippen LogP contribution in [0.25, 0.3) is 0 Å². The van der Waals surface area contributed by atoms with E-state index in [4.69, 9.17) is 5.26 Å². The summed E-state index contributed by atoms with van der Waals surface area (Å²) >= 11 is 0. The van der Waals surface area contributed by atoms with Crippen molar-refractivity contribution < 1.29 is 0 Å². The van der Waals surface area contributed by atoms with E-state index in [0.717, 1.165) is 12.3 Å². The van der Waals surface area contributed by atoms with Crippen molar-refractivity contribution in [3.63, 3.8) is 0 Å². The molecule has 14 heavy (non-hydrogen) atoms. The topological polar surface area (TPSA) is 35.8 Å². The zero-order valence-electron chi connectivity index (χ0n) is 10.0. The Hall–Kier alpha value is -0.550. The molecule has 0 radical (unpaired) electrons. The standard InChI is InChI=1S/C12H24N2/c1-5-12(9-13)14-11(4)8-6-7-10(2)3/h10-12,14H,5-8H2,1-4H3. The van der Waals surface area contributed by atoms with Crippen molar-refractivity contribution in [3.05, 3.63) is 0 Å². The van der Waals surface area contributed by atoms with E-state index in [1.165, 1.54) is 19.3 Å². The lowest BCUT2D eigenvalue weighted by atomic mass is 10.0. The van der Waals surface area contributed by atoms with E-state index < -0.39 is 0 Å². The number of hydrogen-bond donors (Lipinski definition) is 1. The fourth-order valence-electron chi connectivity index (χ4n) is 1.51. The van der Waals surface area contributed by atoms with E-state index in [2.05, 4.69) is 32.2 Å². The first-order chi connectivity index (χ1) is 6.60. The molecule has 2 heteroatoms. The highest BCUT2D eigenvalue weighted by molar-refractivity contribution is 4.89. The minimum absolute atomic E-state index is 0.0315. The Labute approximate surface area is 88.7 Å². The van der Waals surface area contributed by atoms with Crippen LogP contribution in [0.3, 0.4) is 0 Å². The van der Waals surface area contributed by atoms with Gasteiger partial charge in [-0.05, 0) is 25.7 Å². The van der Waals surface area contributed by atoms with Gasteiger partial charge in [0.1, 0.15) is 0 Å². The first-order valence-corrected chi connectivity index (χ1v) is 5.75.